The van der Waals surface area contributed by atoms with Crippen molar-refractivity contribution in [2.45, 2.75) is 55.9 Å². The fourth-order valence-corrected chi connectivity index (χ4v) is 3.58. The second-order valence-electron chi connectivity index (χ2n) is 4.32. The molecule has 2 N–H and O–H groups in total. The van der Waals surface area contributed by atoms with Crippen LogP contribution < -0.4 is 4.72 Å². The molecule has 0 heterocycles. The molecular weight excluding hydrogens is 202 g/mol. The normalized spacial score (nSPS) is 34.4. The van der Waals surface area contributed by atoms with Gasteiger partial charge in [0.15, 0.2) is 0 Å². The lowest BCUT2D eigenvalue weighted by atomic mass is 9.93. The Morgan fingerprint density at radius 3 is 2.29 bits per heavy atom. The maximum Gasteiger partial charge on any atom is 0.214 e. The predicted octanol–water partition coefficient (Wildman–Crippen LogP) is 0.372. The maximum atomic E-state index is 11.6. The molecule has 82 valence electrons. The van der Waals surface area contributed by atoms with Crippen LogP contribution in [0.4, 0.5) is 0 Å². The summed E-state index contributed by atoms with van der Waals surface area (Å²) in [5, 5.41) is 9.42. The topological polar surface area (TPSA) is 66.4 Å². The highest BCUT2D eigenvalue weighted by Crippen LogP contribution is 2.29. The van der Waals surface area contributed by atoms with E-state index in [9.17, 15) is 13.5 Å². The monoisotopic (exact) mass is 219 g/mol. The van der Waals surface area contributed by atoms with Gasteiger partial charge in [0.25, 0.3) is 0 Å². The zero-order chi connectivity index (χ0) is 10.2. The smallest absolute Gasteiger partial charge is 0.214 e. The molecule has 0 saturated heterocycles. The Hall–Kier alpha value is -0.130. The first kappa shape index (κ1) is 10.4. The summed E-state index contributed by atoms with van der Waals surface area (Å²) in [6, 6.07) is -0.241. The Labute approximate surface area is 84.8 Å². The molecule has 2 rings (SSSR count). The fraction of sp³-hybridized carbons (Fsp3) is 1.00. The fourth-order valence-electron chi connectivity index (χ4n) is 1.93. The van der Waals surface area contributed by atoms with E-state index in [1.165, 1.54) is 0 Å². The predicted molar refractivity (Wildman–Crippen MR) is 53.3 cm³/mol. The van der Waals surface area contributed by atoms with Crippen LogP contribution in [0.15, 0.2) is 0 Å². The number of rotatable bonds is 3. The quantitative estimate of drug-likeness (QED) is 0.721. The van der Waals surface area contributed by atoms with Crippen molar-refractivity contribution in [1.82, 2.24) is 4.72 Å². The molecular formula is C9H17NO3S. The van der Waals surface area contributed by atoms with Crippen LogP contribution in [-0.2, 0) is 10.0 Å². The van der Waals surface area contributed by atoms with E-state index in [1.54, 1.807) is 0 Å². The van der Waals surface area contributed by atoms with Gasteiger partial charge >= 0.3 is 0 Å². The summed E-state index contributed by atoms with van der Waals surface area (Å²) >= 11 is 0. The summed E-state index contributed by atoms with van der Waals surface area (Å²) in [5.74, 6) is 0. The zero-order valence-corrected chi connectivity index (χ0v) is 8.96. The van der Waals surface area contributed by atoms with Gasteiger partial charge in [-0.3, -0.25) is 0 Å². The third-order valence-corrected chi connectivity index (χ3v) is 4.99. The van der Waals surface area contributed by atoms with Crippen LogP contribution in [0.2, 0.25) is 0 Å². The molecule has 0 spiro atoms. The van der Waals surface area contributed by atoms with Gasteiger partial charge < -0.3 is 5.11 Å². The van der Waals surface area contributed by atoms with Crippen LogP contribution in [0, 0.1) is 0 Å². The van der Waals surface area contributed by atoms with Crippen molar-refractivity contribution in [2.75, 3.05) is 0 Å². The maximum absolute atomic E-state index is 11.6. The van der Waals surface area contributed by atoms with Crippen LogP contribution in [0.25, 0.3) is 0 Å². The summed E-state index contributed by atoms with van der Waals surface area (Å²) in [6.45, 7) is 0. The first-order valence-electron chi connectivity index (χ1n) is 5.29. The highest BCUT2D eigenvalue weighted by atomic mass is 32.2. The third-order valence-electron chi connectivity index (χ3n) is 3.01. The van der Waals surface area contributed by atoms with E-state index in [2.05, 4.69) is 4.72 Å². The lowest BCUT2D eigenvalue weighted by molar-refractivity contribution is 0.101. The average Bonchev–Trinajstić information content (AvgIpc) is 2.91. The van der Waals surface area contributed by atoms with E-state index in [1.807, 2.05) is 0 Å². The molecule has 2 saturated carbocycles. The van der Waals surface area contributed by atoms with Crippen LogP contribution in [0.3, 0.4) is 0 Å². The average molecular weight is 219 g/mol. The molecule has 0 bridgehead atoms. The van der Waals surface area contributed by atoms with E-state index >= 15 is 0 Å². The molecule has 14 heavy (non-hydrogen) atoms. The molecule has 2 aliphatic rings. The van der Waals surface area contributed by atoms with Crippen molar-refractivity contribution >= 4 is 10.0 Å². The zero-order valence-electron chi connectivity index (χ0n) is 8.15. The van der Waals surface area contributed by atoms with Crippen LogP contribution in [-0.4, -0.2) is 30.9 Å². The van der Waals surface area contributed by atoms with E-state index in [4.69, 9.17) is 0 Å². The summed E-state index contributed by atoms with van der Waals surface area (Å²) < 4.78 is 25.8. The number of aliphatic hydroxyl groups excluding tert-OH is 1. The van der Waals surface area contributed by atoms with E-state index in [0.717, 1.165) is 38.5 Å². The van der Waals surface area contributed by atoms with Crippen molar-refractivity contribution in [3.8, 4) is 0 Å². The van der Waals surface area contributed by atoms with E-state index in [-0.39, 0.29) is 11.3 Å². The first-order chi connectivity index (χ1) is 6.59. The van der Waals surface area contributed by atoms with Crippen LogP contribution >= 0.6 is 0 Å². The van der Waals surface area contributed by atoms with Crippen molar-refractivity contribution in [3.63, 3.8) is 0 Å². The number of nitrogens with one attached hydrogen (secondary N) is 1. The van der Waals surface area contributed by atoms with E-state index in [0.29, 0.717) is 0 Å². The number of aliphatic hydroxyl groups is 1. The highest BCUT2D eigenvalue weighted by molar-refractivity contribution is 7.90. The number of hydrogen-bond acceptors (Lipinski definition) is 3. The van der Waals surface area contributed by atoms with E-state index < -0.39 is 16.1 Å². The molecule has 0 aromatic carbocycles. The van der Waals surface area contributed by atoms with Gasteiger partial charge in [0.1, 0.15) is 0 Å². The molecule has 2 fully saturated rings. The lowest BCUT2D eigenvalue weighted by Gasteiger charge is -2.28. The van der Waals surface area contributed by atoms with Crippen molar-refractivity contribution in [1.29, 1.82) is 0 Å². The minimum Gasteiger partial charge on any atom is -0.391 e. The molecule has 0 aromatic rings. The Bertz CT molecular complexity index is 297. The molecule has 0 aliphatic heterocycles. The largest absolute Gasteiger partial charge is 0.391 e. The summed E-state index contributed by atoms with van der Waals surface area (Å²) in [4.78, 5) is 0. The van der Waals surface area contributed by atoms with Gasteiger partial charge in [-0.15, -0.1) is 0 Å². The Balaban J connectivity index is 1.95. The molecule has 0 radical (unpaired) electrons. The van der Waals surface area contributed by atoms with Gasteiger partial charge in [-0.1, -0.05) is 12.8 Å². The second-order valence-corrected chi connectivity index (χ2v) is 6.31. The second kappa shape index (κ2) is 3.79. The minimum atomic E-state index is -3.13. The standard InChI is InChI=1S/C9H17NO3S/c11-9-4-2-1-3-8(9)10-14(12,13)7-5-6-7/h7-11H,1-6H2/t8-,9-/m0/s1. The Morgan fingerprint density at radius 1 is 1.07 bits per heavy atom. The number of sulfonamides is 1. The van der Waals surface area contributed by atoms with Gasteiger partial charge in [0.05, 0.1) is 11.4 Å². The molecule has 5 heteroatoms. The third kappa shape index (κ3) is 2.27. The first-order valence-corrected chi connectivity index (χ1v) is 6.83. The molecule has 4 nitrogen and oxygen atoms in total. The minimum absolute atomic E-state index is 0.184. The summed E-state index contributed by atoms with van der Waals surface area (Å²) in [7, 11) is -3.13. The molecule has 0 aromatic heterocycles. The molecule has 0 unspecified atom stereocenters. The highest BCUT2D eigenvalue weighted by Gasteiger charge is 2.38. The molecule has 2 atom stereocenters. The van der Waals surface area contributed by atoms with Crippen molar-refractivity contribution < 1.29 is 13.5 Å². The Morgan fingerprint density at radius 2 is 1.71 bits per heavy atom. The van der Waals surface area contributed by atoms with Crippen LogP contribution in [0.1, 0.15) is 38.5 Å². The van der Waals surface area contributed by atoms with Crippen molar-refractivity contribution in [3.05, 3.63) is 0 Å². The Kier molecular flexibility index (Phi) is 2.81. The number of hydrogen-bond donors (Lipinski definition) is 2. The molecule has 2 aliphatic carbocycles. The summed E-state index contributed by atoms with van der Waals surface area (Å²) in [6.07, 6.45) is 4.57. The van der Waals surface area contributed by atoms with Crippen molar-refractivity contribution in [2.24, 2.45) is 0 Å². The summed E-state index contributed by atoms with van der Waals surface area (Å²) in [5.41, 5.74) is 0. The van der Waals surface area contributed by atoms with Gasteiger partial charge in [-0.05, 0) is 25.7 Å². The van der Waals surface area contributed by atoms with Gasteiger partial charge in [-0.25, -0.2) is 13.1 Å². The SMILES string of the molecule is O=S(=O)(N[C@H]1CCCC[C@@H]1O)C1CC1. The lowest BCUT2D eigenvalue weighted by Crippen LogP contribution is -2.46. The van der Waals surface area contributed by atoms with Crippen LogP contribution in [0.5, 0.6) is 0 Å². The molecule has 0 amide bonds. The van der Waals surface area contributed by atoms with Gasteiger partial charge in [0, 0.05) is 6.04 Å². The van der Waals surface area contributed by atoms with Gasteiger partial charge in [0.2, 0.25) is 10.0 Å². The van der Waals surface area contributed by atoms with Gasteiger partial charge in [-0.2, -0.15) is 0 Å².